The summed E-state index contributed by atoms with van der Waals surface area (Å²) in [5, 5.41) is 0. The molecule has 4 N–H and O–H groups in total. The van der Waals surface area contributed by atoms with Gasteiger partial charge in [-0.05, 0) is 0 Å². The fourth-order valence-electron chi connectivity index (χ4n) is 0.476. The molecule has 0 aromatic rings. The van der Waals surface area contributed by atoms with Crippen LogP contribution in [0.15, 0.2) is 0 Å². The summed E-state index contributed by atoms with van der Waals surface area (Å²) in [5.41, 5.74) is 0. The number of rotatable bonds is 3. The summed E-state index contributed by atoms with van der Waals surface area (Å²) >= 11 is 0. The molecule has 0 fully saturated rings. The third-order valence-corrected chi connectivity index (χ3v) is 3.53. The third kappa shape index (κ3) is 4.68. The molecule has 0 heterocycles. The molecule has 0 bridgehead atoms. The number of nitrogens with one attached hydrogen (secondary N) is 1. The van der Waals surface area contributed by atoms with E-state index in [-0.39, 0.29) is 0 Å². The highest BCUT2D eigenvalue weighted by Crippen LogP contribution is 2.05. The van der Waals surface area contributed by atoms with E-state index < -0.39 is 40.7 Å². The zero-order valence-electron chi connectivity index (χ0n) is 6.87. The summed E-state index contributed by atoms with van der Waals surface area (Å²) in [4.78, 5) is 10.6. The standard InChI is InChI=1S/CH4N2O10S3/c4-1(2-14(5,6)7)3(15(8,9)10)16(11,12)13/h(H,2,4)(H,5,6,7)(H,8,9,10)(H,11,12,13). The van der Waals surface area contributed by atoms with Gasteiger partial charge in [0.1, 0.15) is 0 Å². The lowest BCUT2D eigenvalue weighted by atomic mass is 11.2. The van der Waals surface area contributed by atoms with Crippen LogP contribution in [0.25, 0.3) is 0 Å². The maximum atomic E-state index is 10.6. The van der Waals surface area contributed by atoms with Crippen molar-refractivity contribution in [2.24, 2.45) is 0 Å². The van der Waals surface area contributed by atoms with Gasteiger partial charge in [0.05, 0.1) is 0 Å². The fourth-order valence-corrected chi connectivity index (χ4v) is 2.37. The molecule has 15 heteroatoms. The Bertz CT molecular complexity index is 546. The zero-order valence-corrected chi connectivity index (χ0v) is 9.32. The molecule has 16 heavy (non-hydrogen) atoms. The monoisotopic (exact) mass is 300 g/mol. The van der Waals surface area contributed by atoms with Crippen LogP contribution in [0.4, 0.5) is 4.79 Å². The Kier molecular flexibility index (Phi) is 3.85. The van der Waals surface area contributed by atoms with Gasteiger partial charge in [0.2, 0.25) is 0 Å². The maximum Gasteiger partial charge on any atom is 0.379 e. The number of hydrogen-bond acceptors (Lipinski definition) is 7. The number of nitrogens with zero attached hydrogens (tertiary/aromatic N) is 1. The average molecular weight is 300 g/mol. The van der Waals surface area contributed by atoms with Gasteiger partial charge >= 0.3 is 36.9 Å². The van der Waals surface area contributed by atoms with Crippen LogP contribution in [-0.4, -0.2) is 48.7 Å². The lowest BCUT2D eigenvalue weighted by Gasteiger charge is -2.13. The Labute approximate surface area is 89.5 Å². The lowest BCUT2D eigenvalue weighted by molar-refractivity contribution is 0.235. The van der Waals surface area contributed by atoms with Gasteiger partial charge in [-0.3, -0.25) is 13.7 Å². The van der Waals surface area contributed by atoms with Crippen molar-refractivity contribution >= 4 is 36.9 Å². The molecule has 0 spiro atoms. The van der Waals surface area contributed by atoms with Gasteiger partial charge in [-0.15, -0.1) is 0 Å². The molecule has 0 rings (SSSR count). The van der Waals surface area contributed by atoms with E-state index in [4.69, 9.17) is 13.7 Å². The first-order valence-electron chi connectivity index (χ1n) is 2.79. The summed E-state index contributed by atoms with van der Waals surface area (Å²) in [6.45, 7) is 0. The second kappa shape index (κ2) is 4.11. The molecular weight excluding hydrogens is 296 g/mol. The summed E-state index contributed by atoms with van der Waals surface area (Å²) in [7, 11) is -16.9. The smallest absolute Gasteiger partial charge is 0.269 e. The highest BCUT2D eigenvalue weighted by Gasteiger charge is 2.38. The van der Waals surface area contributed by atoms with Crippen molar-refractivity contribution in [2.45, 2.75) is 0 Å². The predicted octanol–water partition coefficient (Wildman–Crippen LogP) is -2.59. The van der Waals surface area contributed by atoms with E-state index >= 15 is 0 Å². The van der Waals surface area contributed by atoms with Crippen LogP contribution >= 0.6 is 0 Å². The van der Waals surface area contributed by atoms with Crippen molar-refractivity contribution in [3.8, 4) is 0 Å². The maximum absolute atomic E-state index is 10.6. The topological polar surface area (TPSA) is 195 Å². The Hall–Kier alpha value is -1.00. The van der Waals surface area contributed by atoms with Crippen molar-refractivity contribution in [3.05, 3.63) is 0 Å². The van der Waals surface area contributed by atoms with Crippen LogP contribution in [0.2, 0.25) is 0 Å². The van der Waals surface area contributed by atoms with Crippen molar-refractivity contribution < 1.29 is 43.7 Å². The minimum Gasteiger partial charge on any atom is -0.269 e. The van der Waals surface area contributed by atoms with Crippen LogP contribution in [-0.2, 0) is 30.9 Å². The van der Waals surface area contributed by atoms with E-state index in [0.717, 1.165) is 0 Å². The molecule has 0 radical (unpaired) electrons. The number of carbonyl (C=O) groups excluding carboxylic acids is 1. The van der Waals surface area contributed by atoms with Crippen LogP contribution in [0, 0.1) is 0 Å². The molecule has 2 amide bonds. The number of hydrogen-bond donors (Lipinski definition) is 4. The number of urea groups is 1. The first-order chi connectivity index (χ1) is 6.75. The van der Waals surface area contributed by atoms with Crippen molar-refractivity contribution in [1.82, 2.24) is 8.43 Å². The van der Waals surface area contributed by atoms with Crippen LogP contribution in [0.1, 0.15) is 0 Å². The third-order valence-electron chi connectivity index (χ3n) is 0.801. The molecule has 0 saturated heterocycles. The molecule has 0 atom stereocenters. The second-order valence-electron chi connectivity index (χ2n) is 2.04. The van der Waals surface area contributed by atoms with Gasteiger partial charge < -0.3 is 0 Å². The van der Waals surface area contributed by atoms with E-state index in [1.807, 2.05) is 0 Å². The van der Waals surface area contributed by atoms with Crippen LogP contribution in [0.5, 0.6) is 0 Å². The van der Waals surface area contributed by atoms with Gasteiger partial charge in [0.15, 0.2) is 0 Å². The summed E-state index contributed by atoms with van der Waals surface area (Å²) in [6.07, 6.45) is 0. The second-order valence-corrected chi connectivity index (χ2v) is 5.94. The Morgan fingerprint density at radius 1 is 0.875 bits per heavy atom. The summed E-state index contributed by atoms with van der Waals surface area (Å²) < 4.78 is 84.6. The van der Waals surface area contributed by atoms with E-state index in [2.05, 4.69) is 0 Å². The minimum absolute atomic E-state index is 0.469. The largest absolute Gasteiger partial charge is 0.379 e. The molecule has 12 nitrogen and oxygen atoms in total. The molecule has 0 aromatic carbocycles. The molecule has 0 aliphatic carbocycles. The fraction of sp³-hybridized carbons (Fsp3) is 0. The first kappa shape index (κ1) is 15.0. The van der Waals surface area contributed by atoms with Crippen molar-refractivity contribution in [1.29, 1.82) is 0 Å². The van der Waals surface area contributed by atoms with Gasteiger partial charge in [0.25, 0.3) is 0 Å². The molecular formula is CH4N2O10S3. The highest BCUT2D eigenvalue weighted by molar-refractivity contribution is 7.99. The quantitative estimate of drug-likeness (QED) is 0.401. The van der Waals surface area contributed by atoms with E-state index in [0.29, 0.717) is 4.72 Å². The predicted molar refractivity (Wildman–Crippen MR) is 45.0 cm³/mol. The normalized spacial score (nSPS) is 13.2. The van der Waals surface area contributed by atoms with Crippen molar-refractivity contribution in [2.75, 3.05) is 0 Å². The zero-order chi connectivity index (χ0) is 13.4. The molecule has 0 aliphatic heterocycles. The molecule has 0 saturated carbocycles. The lowest BCUT2D eigenvalue weighted by Crippen LogP contribution is -2.48. The number of amides is 2. The average Bonchev–Trinajstić information content (AvgIpc) is 1.70. The van der Waals surface area contributed by atoms with Crippen LogP contribution < -0.4 is 4.72 Å². The van der Waals surface area contributed by atoms with Crippen LogP contribution in [0.3, 0.4) is 0 Å². The molecule has 0 aliphatic rings. The minimum atomic E-state index is -5.79. The van der Waals surface area contributed by atoms with E-state index in [1.165, 1.54) is 0 Å². The van der Waals surface area contributed by atoms with Crippen molar-refractivity contribution in [3.63, 3.8) is 0 Å². The van der Waals surface area contributed by atoms with E-state index in [9.17, 15) is 30.0 Å². The molecule has 96 valence electrons. The highest BCUT2D eigenvalue weighted by atomic mass is 32.3. The van der Waals surface area contributed by atoms with Gasteiger partial charge in [-0.2, -0.15) is 25.3 Å². The van der Waals surface area contributed by atoms with Gasteiger partial charge in [0, 0.05) is 0 Å². The van der Waals surface area contributed by atoms with Gasteiger partial charge in [-0.1, -0.05) is 3.71 Å². The first-order valence-corrected chi connectivity index (χ1v) is 7.03. The Morgan fingerprint density at radius 3 is 1.38 bits per heavy atom. The summed E-state index contributed by atoms with van der Waals surface area (Å²) in [5.74, 6) is 0. The summed E-state index contributed by atoms with van der Waals surface area (Å²) in [6, 6.07) is -2.52. The van der Waals surface area contributed by atoms with E-state index in [1.54, 1.807) is 0 Å². The number of carbonyl (C=O) groups is 1. The Morgan fingerprint density at radius 2 is 1.19 bits per heavy atom. The molecule has 0 aromatic heterocycles. The Balaban J connectivity index is 5.53. The molecule has 0 unspecified atom stereocenters. The SMILES string of the molecule is O=C(NS(=O)(=O)O)N(S(=O)(=O)O)S(=O)(=O)O. The van der Waals surface area contributed by atoms with Gasteiger partial charge in [-0.25, -0.2) is 9.52 Å².